The molecule has 1 heterocycles. The van der Waals surface area contributed by atoms with Crippen LogP contribution in [0.5, 0.6) is 0 Å². The van der Waals surface area contributed by atoms with Crippen LogP contribution in [0.4, 0.5) is 22.0 Å². The number of benzene rings is 1. The van der Waals surface area contributed by atoms with Gasteiger partial charge in [0, 0.05) is 10.4 Å². The van der Waals surface area contributed by atoms with E-state index in [1.807, 2.05) is 0 Å². The Kier molecular flexibility index (Phi) is 4.25. The lowest BCUT2D eigenvalue weighted by molar-refractivity contribution is 0.369. The highest BCUT2D eigenvalue weighted by atomic mass is 79.9. The first-order valence-electron chi connectivity index (χ1n) is 5.10. The highest BCUT2D eigenvalue weighted by Crippen LogP contribution is 2.34. The second kappa shape index (κ2) is 5.58. The van der Waals surface area contributed by atoms with Gasteiger partial charge in [-0.3, -0.25) is 0 Å². The second-order valence-corrected chi connectivity index (χ2v) is 5.67. The van der Waals surface area contributed by atoms with Crippen LogP contribution < -0.4 is 0 Å². The average Bonchev–Trinajstić information content (AvgIpc) is 2.87. The highest BCUT2D eigenvalue weighted by Gasteiger charge is 2.29. The Balaban J connectivity index is 2.44. The van der Waals surface area contributed by atoms with E-state index >= 15 is 0 Å². The maximum atomic E-state index is 13.5. The van der Waals surface area contributed by atoms with Crippen LogP contribution in [0.3, 0.4) is 0 Å². The Morgan fingerprint density at radius 3 is 1.95 bits per heavy atom. The van der Waals surface area contributed by atoms with Gasteiger partial charge in [-0.25, -0.2) is 22.0 Å². The lowest BCUT2D eigenvalue weighted by Gasteiger charge is -2.13. The third kappa shape index (κ3) is 2.67. The smallest absolute Gasteiger partial charge is 0.200 e. The number of rotatable bonds is 3. The standard InChI is InChI=1S/C12H6BrF5S/c13-6(3-5-1-2-19-4-5)7-8(14)10(16)12(18)11(17)9(7)15/h1-2,4,6H,3H2. The molecule has 0 amide bonds. The minimum Gasteiger partial charge on any atom is -0.203 e. The van der Waals surface area contributed by atoms with Crippen molar-refractivity contribution in [2.75, 3.05) is 0 Å². The van der Waals surface area contributed by atoms with Crippen molar-refractivity contribution in [1.29, 1.82) is 0 Å². The second-order valence-electron chi connectivity index (χ2n) is 3.79. The first-order chi connectivity index (χ1) is 8.93. The third-order valence-corrected chi connectivity index (χ3v) is 4.07. The molecule has 0 saturated carbocycles. The molecule has 0 nitrogen and oxygen atoms in total. The Bertz CT molecular complexity index is 568. The summed E-state index contributed by atoms with van der Waals surface area (Å²) in [5.74, 6) is -9.59. The summed E-state index contributed by atoms with van der Waals surface area (Å²) in [6.07, 6.45) is 0.127. The summed E-state index contributed by atoms with van der Waals surface area (Å²) in [5, 5.41) is 3.49. The molecule has 2 rings (SSSR count). The molecule has 0 aliphatic rings. The molecule has 1 atom stereocenters. The summed E-state index contributed by atoms with van der Waals surface area (Å²) >= 11 is 4.35. The Morgan fingerprint density at radius 1 is 0.947 bits per heavy atom. The fourth-order valence-electron chi connectivity index (χ4n) is 1.61. The van der Waals surface area contributed by atoms with Crippen molar-refractivity contribution in [1.82, 2.24) is 0 Å². The quantitative estimate of drug-likeness (QED) is 0.310. The van der Waals surface area contributed by atoms with Crippen LogP contribution >= 0.6 is 27.3 Å². The van der Waals surface area contributed by atoms with Crippen LogP contribution in [0.25, 0.3) is 0 Å². The summed E-state index contributed by atoms with van der Waals surface area (Å²) in [6, 6.07) is 1.71. The number of thiophene rings is 1. The van der Waals surface area contributed by atoms with Gasteiger partial charge in [0.15, 0.2) is 23.3 Å². The van der Waals surface area contributed by atoms with Gasteiger partial charge >= 0.3 is 0 Å². The van der Waals surface area contributed by atoms with Crippen molar-refractivity contribution < 1.29 is 22.0 Å². The zero-order valence-electron chi connectivity index (χ0n) is 9.19. The van der Waals surface area contributed by atoms with Crippen LogP contribution in [0, 0.1) is 29.1 Å². The van der Waals surface area contributed by atoms with Crippen molar-refractivity contribution >= 4 is 27.3 Å². The van der Waals surface area contributed by atoms with Crippen LogP contribution in [0.15, 0.2) is 16.8 Å². The van der Waals surface area contributed by atoms with E-state index in [-0.39, 0.29) is 6.42 Å². The van der Waals surface area contributed by atoms with Gasteiger partial charge in [0.2, 0.25) is 5.82 Å². The topological polar surface area (TPSA) is 0 Å². The van der Waals surface area contributed by atoms with E-state index < -0.39 is 39.5 Å². The summed E-state index contributed by atoms with van der Waals surface area (Å²) in [7, 11) is 0. The SMILES string of the molecule is Fc1c(F)c(F)c(C(Br)Cc2ccsc2)c(F)c1F. The molecule has 0 fully saturated rings. The van der Waals surface area contributed by atoms with Crippen LogP contribution in [0.2, 0.25) is 0 Å². The minimum absolute atomic E-state index is 0.127. The number of hydrogen-bond acceptors (Lipinski definition) is 1. The molecule has 19 heavy (non-hydrogen) atoms. The van der Waals surface area contributed by atoms with Gasteiger partial charge in [0.1, 0.15) is 0 Å². The van der Waals surface area contributed by atoms with Crippen LogP contribution in [-0.2, 0) is 6.42 Å². The molecule has 0 aliphatic carbocycles. The van der Waals surface area contributed by atoms with Gasteiger partial charge in [-0.05, 0) is 28.8 Å². The molecule has 1 aromatic carbocycles. The molecule has 2 aromatic rings. The maximum Gasteiger partial charge on any atom is 0.200 e. The van der Waals surface area contributed by atoms with Crippen LogP contribution in [0.1, 0.15) is 16.0 Å². The molecule has 1 unspecified atom stereocenters. The van der Waals surface area contributed by atoms with E-state index in [0.717, 1.165) is 5.56 Å². The van der Waals surface area contributed by atoms with Crippen molar-refractivity contribution in [3.05, 3.63) is 57.0 Å². The largest absolute Gasteiger partial charge is 0.203 e. The number of alkyl halides is 1. The molecule has 102 valence electrons. The van der Waals surface area contributed by atoms with E-state index in [1.54, 1.807) is 16.8 Å². The third-order valence-electron chi connectivity index (χ3n) is 2.55. The van der Waals surface area contributed by atoms with Gasteiger partial charge in [0.05, 0.1) is 0 Å². The Hall–Kier alpha value is -0.950. The van der Waals surface area contributed by atoms with Gasteiger partial charge in [0.25, 0.3) is 0 Å². The fourth-order valence-corrected chi connectivity index (χ4v) is 3.07. The molecule has 0 N–H and O–H groups in total. The summed E-state index contributed by atoms with van der Waals surface area (Å²) < 4.78 is 66.1. The first kappa shape index (κ1) is 14.5. The van der Waals surface area contributed by atoms with Crippen molar-refractivity contribution in [2.45, 2.75) is 11.2 Å². The van der Waals surface area contributed by atoms with E-state index in [4.69, 9.17) is 0 Å². The molecule has 0 saturated heterocycles. The Labute approximate surface area is 118 Å². The fraction of sp³-hybridized carbons (Fsp3) is 0.167. The van der Waals surface area contributed by atoms with Crippen LogP contribution in [-0.4, -0.2) is 0 Å². The summed E-state index contributed by atoms with van der Waals surface area (Å²) in [4.78, 5) is -0.994. The zero-order valence-corrected chi connectivity index (χ0v) is 11.6. The van der Waals surface area contributed by atoms with E-state index in [1.165, 1.54) is 11.3 Å². The van der Waals surface area contributed by atoms with E-state index in [2.05, 4.69) is 15.9 Å². The predicted octanol–water partition coefficient (Wildman–Crippen LogP) is 5.12. The van der Waals surface area contributed by atoms with Crippen molar-refractivity contribution in [3.8, 4) is 0 Å². The predicted molar refractivity (Wildman–Crippen MR) is 65.9 cm³/mol. The normalized spacial score (nSPS) is 12.7. The van der Waals surface area contributed by atoms with Crippen molar-refractivity contribution in [2.24, 2.45) is 0 Å². The first-order valence-corrected chi connectivity index (χ1v) is 6.95. The summed E-state index contributed by atoms with van der Waals surface area (Å²) in [5.41, 5.74) is -0.0987. The lowest BCUT2D eigenvalue weighted by Crippen LogP contribution is -2.09. The molecule has 0 aliphatic heterocycles. The minimum atomic E-state index is -2.14. The monoisotopic (exact) mass is 356 g/mol. The molecule has 0 radical (unpaired) electrons. The number of halogens is 6. The molecular weight excluding hydrogens is 351 g/mol. The molecule has 0 spiro atoms. The highest BCUT2D eigenvalue weighted by molar-refractivity contribution is 9.09. The summed E-state index contributed by atoms with van der Waals surface area (Å²) in [6.45, 7) is 0. The molecular formula is C12H6BrF5S. The van der Waals surface area contributed by atoms with Crippen molar-refractivity contribution in [3.63, 3.8) is 0 Å². The Morgan fingerprint density at radius 2 is 1.47 bits per heavy atom. The van der Waals surface area contributed by atoms with Gasteiger partial charge in [-0.15, -0.1) is 0 Å². The van der Waals surface area contributed by atoms with E-state index in [9.17, 15) is 22.0 Å². The molecule has 0 bridgehead atoms. The maximum absolute atomic E-state index is 13.5. The molecule has 1 aromatic heterocycles. The molecule has 7 heteroatoms. The average molecular weight is 357 g/mol. The van der Waals surface area contributed by atoms with Gasteiger partial charge < -0.3 is 0 Å². The zero-order chi connectivity index (χ0) is 14.2. The number of hydrogen-bond donors (Lipinski definition) is 0. The lowest BCUT2D eigenvalue weighted by atomic mass is 10.0. The van der Waals surface area contributed by atoms with Gasteiger partial charge in [-0.2, -0.15) is 11.3 Å². The van der Waals surface area contributed by atoms with E-state index in [0.29, 0.717) is 0 Å². The van der Waals surface area contributed by atoms with Gasteiger partial charge in [-0.1, -0.05) is 15.9 Å².